The largest absolute Gasteiger partial charge is 0.308 e. The molecule has 3 rings (SSSR count). The van der Waals surface area contributed by atoms with Gasteiger partial charge in [-0.15, -0.1) is 12.4 Å². The Morgan fingerprint density at radius 2 is 1.96 bits per heavy atom. The van der Waals surface area contributed by atoms with Gasteiger partial charge in [-0.1, -0.05) is 36.4 Å². The van der Waals surface area contributed by atoms with Crippen LogP contribution in [-0.2, 0) is 16.4 Å². The zero-order valence-corrected chi connectivity index (χ0v) is 14.6. The molecule has 1 aliphatic heterocycles. The minimum absolute atomic E-state index is 0. The first kappa shape index (κ1) is 17.9. The first-order valence-corrected chi connectivity index (χ1v) is 8.92. The molecule has 23 heavy (non-hydrogen) atoms. The lowest BCUT2D eigenvalue weighted by atomic mass is 9.95. The predicted molar refractivity (Wildman–Crippen MR) is 94.5 cm³/mol. The molecule has 0 saturated heterocycles. The van der Waals surface area contributed by atoms with Crippen LogP contribution in [0.4, 0.5) is 0 Å². The van der Waals surface area contributed by atoms with E-state index in [-0.39, 0.29) is 18.4 Å². The van der Waals surface area contributed by atoms with Gasteiger partial charge in [0.2, 0.25) is 10.0 Å². The normalized spacial score (nSPS) is 17.2. The second-order valence-corrected chi connectivity index (χ2v) is 7.39. The minimum atomic E-state index is -3.47. The Morgan fingerprint density at radius 3 is 2.74 bits per heavy atom. The SMILES string of the molecule is Cc1cccc(S(=O)(=O)NCC2NCCc3ccccc32)c1.Cl. The van der Waals surface area contributed by atoms with Crippen molar-refractivity contribution in [3.8, 4) is 0 Å². The summed E-state index contributed by atoms with van der Waals surface area (Å²) < 4.78 is 27.5. The number of benzene rings is 2. The number of aryl methyl sites for hydroxylation is 1. The molecule has 1 heterocycles. The average Bonchev–Trinajstić information content (AvgIpc) is 2.53. The lowest BCUT2D eigenvalue weighted by molar-refractivity contribution is 0.491. The smallest absolute Gasteiger partial charge is 0.240 e. The van der Waals surface area contributed by atoms with Crippen LogP contribution >= 0.6 is 12.4 Å². The fourth-order valence-electron chi connectivity index (χ4n) is 2.83. The Bertz CT molecular complexity index is 778. The Balaban J connectivity index is 0.00000192. The molecule has 0 fully saturated rings. The van der Waals surface area contributed by atoms with E-state index in [0.717, 1.165) is 18.5 Å². The van der Waals surface area contributed by atoms with Crippen molar-refractivity contribution in [1.29, 1.82) is 0 Å². The number of nitrogens with one attached hydrogen (secondary N) is 2. The third-order valence-electron chi connectivity index (χ3n) is 3.99. The van der Waals surface area contributed by atoms with E-state index in [0.29, 0.717) is 11.4 Å². The number of sulfonamides is 1. The van der Waals surface area contributed by atoms with Gasteiger partial charge >= 0.3 is 0 Å². The van der Waals surface area contributed by atoms with Crippen LogP contribution < -0.4 is 10.0 Å². The van der Waals surface area contributed by atoms with Crippen LogP contribution in [0.2, 0.25) is 0 Å². The van der Waals surface area contributed by atoms with E-state index in [1.165, 1.54) is 11.1 Å². The van der Waals surface area contributed by atoms with Gasteiger partial charge < -0.3 is 5.32 Å². The number of halogens is 1. The van der Waals surface area contributed by atoms with Crippen LogP contribution in [0, 0.1) is 6.92 Å². The molecule has 0 radical (unpaired) electrons. The van der Waals surface area contributed by atoms with Crippen molar-refractivity contribution < 1.29 is 8.42 Å². The van der Waals surface area contributed by atoms with E-state index in [4.69, 9.17) is 0 Å². The van der Waals surface area contributed by atoms with Gasteiger partial charge in [-0.2, -0.15) is 0 Å². The molecule has 0 amide bonds. The van der Waals surface area contributed by atoms with Gasteiger partial charge in [0.1, 0.15) is 0 Å². The molecule has 0 bridgehead atoms. The molecule has 1 atom stereocenters. The van der Waals surface area contributed by atoms with Crippen LogP contribution in [0.15, 0.2) is 53.4 Å². The van der Waals surface area contributed by atoms with Crippen LogP contribution in [0.1, 0.15) is 22.7 Å². The lowest BCUT2D eigenvalue weighted by Crippen LogP contribution is -2.38. The van der Waals surface area contributed by atoms with E-state index in [2.05, 4.69) is 22.2 Å². The topological polar surface area (TPSA) is 58.2 Å². The molecule has 1 unspecified atom stereocenters. The summed E-state index contributed by atoms with van der Waals surface area (Å²) >= 11 is 0. The highest BCUT2D eigenvalue weighted by Crippen LogP contribution is 2.22. The Kier molecular flexibility index (Phi) is 5.81. The van der Waals surface area contributed by atoms with Crippen molar-refractivity contribution in [2.24, 2.45) is 0 Å². The van der Waals surface area contributed by atoms with Crippen molar-refractivity contribution in [2.75, 3.05) is 13.1 Å². The van der Waals surface area contributed by atoms with Gasteiger partial charge in [-0.3, -0.25) is 0 Å². The molecule has 6 heteroatoms. The first-order chi connectivity index (χ1) is 10.6. The molecule has 124 valence electrons. The fourth-order valence-corrected chi connectivity index (χ4v) is 3.99. The summed E-state index contributed by atoms with van der Waals surface area (Å²) in [6.45, 7) is 3.11. The standard InChI is InChI=1S/C17H20N2O2S.ClH/c1-13-5-4-7-15(11-13)22(20,21)19-12-17-16-8-3-2-6-14(16)9-10-18-17;/h2-8,11,17-19H,9-10,12H2,1H3;1H. The summed E-state index contributed by atoms with van der Waals surface area (Å²) in [5.74, 6) is 0. The number of hydrogen-bond acceptors (Lipinski definition) is 3. The van der Waals surface area contributed by atoms with E-state index in [1.807, 2.05) is 25.1 Å². The monoisotopic (exact) mass is 352 g/mol. The first-order valence-electron chi connectivity index (χ1n) is 7.44. The van der Waals surface area contributed by atoms with Gasteiger partial charge in [-0.25, -0.2) is 13.1 Å². The molecular formula is C17H21ClN2O2S. The third-order valence-corrected chi connectivity index (χ3v) is 5.41. The summed E-state index contributed by atoms with van der Waals surface area (Å²) in [4.78, 5) is 0.316. The second kappa shape index (κ2) is 7.45. The maximum Gasteiger partial charge on any atom is 0.240 e. The third kappa shape index (κ3) is 4.12. The summed E-state index contributed by atoms with van der Waals surface area (Å²) in [5, 5.41) is 3.38. The summed E-state index contributed by atoms with van der Waals surface area (Å²) in [7, 11) is -3.47. The van der Waals surface area contributed by atoms with Gasteiger partial charge in [0, 0.05) is 12.6 Å². The molecule has 0 spiro atoms. The van der Waals surface area contributed by atoms with Crippen LogP contribution in [-0.4, -0.2) is 21.5 Å². The lowest BCUT2D eigenvalue weighted by Gasteiger charge is -2.27. The predicted octanol–water partition coefficient (Wildman–Crippen LogP) is 2.58. The number of fused-ring (bicyclic) bond motifs is 1. The van der Waals surface area contributed by atoms with Crippen LogP contribution in [0.25, 0.3) is 0 Å². The van der Waals surface area contributed by atoms with Gasteiger partial charge in [0.05, 0.1) is 4.90 Å². The molecule has 0 saturated carbocycles. The van der Waals surface area contributed by atoms with Crippen molar-refractivity contribution in [3.05, 3.63) is 65.2 Å². The van der Waals surface area contributed by atoms with Crippen molar-refractivity contribution >= 4 is 22.4 Å². The highest BCUT2D eigenvalue weighted by Gasteiger charge is 2.22. The molecular weight excluding hydrogens is 332 g/mol. The Labute approximate surface area is 143 Å². The average molecular weight is 353 g/mol. The van der Waals surface area contributed by atoms with E-state index < -0.39 is 10.0 Å². The van der Waals surface area contributed by atoms with Gasteiger partial charge in [0.25, 0.3) is 0 Å². The second-order valence-electron chi connectivity index (χ2n) is 5.62. The molecule has 0 aromatic heterocycles. The van der Waals surface area contributed by atoms with Crippen molar-refractivity contribution in [3.63, 3.8) is 0 Å². The number of hydrogen-bond donors (Lipinski definition) is 2. The highest BCUT2D eigenvalue weighted by molar-refractivity contribution is 7.89. The summed E-state index contributed by atoms with van der Waals surface area (Å²) in [5.41, 5.74) is 3.41. The van der Waals surface area contributed by atoms with E-state index in [9.17, 15) is 8.42 Å². The van der Waals surface area contributed by atoms with Crippen LogP contribution in [0.3, 0.4) is 0 Å². The maximum atomic E-state index is 12.4. The highest BCUT2D eigenvalue weighted by atomic mass is 35.5. The fraction of sp³-hybridized carbons (Fsp3) is 0.294. The van der Waals surface area contributed by atoms with Crippen molar-refractivity contribution in [2.45, 2.75) is 24.3 Å². The quantitative estimate of drug-likeness (QED) is 0.889. The summed E-state index contributed by atoms with van der Waals surface area (Å²) in [6.07, 6.45) is 0.983. The Hall–Kier alpha value is -1.40. The Morgan fingerprint density at radius 1 is 1.17 bits per heavy atom. The zero-order valence-electron chi connectivity index (χ0n) is 13.0. The molecule has 2 aromatic rings. The van der Waals surface area contributed by atoms with Gasteiger partial charge in [-0.05, 0) is 48.7 Å². The number of rotatable bonds is 4. The van der Waals surface area contributed by atoms with Gasteiger partial charge in [0.15, 0.2) is 0 Å². The minimum Gasteiger partial charge on any atom is -0.308 e. The summed E-state index contributed by atoms with van der Waals surface area (Å²) in [6, 6.07) is 15.2. The molecule has 0 aliphatic carbocycles. The molecule has 2 N–H and O–H groups in total. The maximum absolute atomic E-state index is 12.4. The van der Waals surface area contributed by atoms with Crippen molar-refractivity contribution in [1.82, 2.24) is 10.0 Å². The van der Waals surface area contributed by atoms with Crippen LogP contribution in [0.5, 0.6) is 0 Å². The van der Waals surface area contributed by atoms with E-state index in [1.54, 1.807) is 18.2 Å². The van der Waals surface area contributed by atoms with E-state index >= 15 is 0 Å². The molecule has 4 nitrogen and oxygen atoms in total. The molecule has 2 aromatic carbocycles. The zero-order chi connectivity index (χ0) is 15.6. The molecule has 1 aliphatic rings.